The number of hydrogen-bond donors (Lipinski definition) is 13. The summed E-state index contributed by atoms with van der Waals surface area (Å²) >= 11 is 0. The molecule has 23 nitrogen and oxygen atoms in total. The van der Waals surface area contributed by atoms with Crippen molar-refractivity contribution in [1.82, 2.24) is 0 Å². The van der Waals surface area contributed by atoms with Crippen LogP contribution in [0.2, 0.25) is 0 Å². The smallest absolute Gasteiger partial charge is 0.187 e. The Morgan fingerprint density at radius 1 is 0.554 bits per heavy atom. The third-order valence-corrected chi connectivity index (χ3v) is 19.8. The fraction of sp³-hybridized carbons (Fsp3) is 0.961. The Balaban J connectivity index is 0.895. The Morgan fingerprint density at radius 3 is 1.78 bits per heavy atom. The number of fused-ring (bicyclic) bond motifs is 7. The van der Waals surface area contributed by atoms with Crippen LogP contribution in [0.1, 0.15) is 86.0 Å². The summed E-state index contributed by atoms with van der Waals surface area (Å²) in [6.45, 7) is 8.93. The van der Waals surface area contributed by atoms with Gasteiger partial charge in [-0.3, -0.25) is 0 Å². The third-order valence-electron chi connectivity index (χ3n) is 19.8. The highest BCUT2D eigenvalue weighted by molar-refractivity contribution is 5.28. The molecule has 10 aliphatic rings. The molecule has 3 saturated carbocycles. The van der Waals surface area contributed by atoms with E-state index in [4.69, 9.17) is 47.4 Å². The Bertz CT molecular complexity index is 1960. The van der Waals surface area contributed by atoms with Crippen molar-refractivity contribution in [3.05, 3.63) is 11.6 Å². The van der Waals surface area contributed by atoms with Crippen LogP contribution in [-0.2, 0) is 47.4 Å². The van der Waals surface area contributed by atoms with Crippen molar-refractivity contribution in [2.24, 2.45) is 46.3 Å². The maximum atomic E-state index is 11.7. The van der Waals surface area contributed by atoms with Crippen molar-refractivity contribution in [1.29, 1.82) is 0 Å². The fourth-order valence-corrected chi connectivity index (χ4v) is 15.5. The maximum absolute atomic E-state index is 11.7. The van der Waals surface area contributed by atoms with Gasteiger partial charge in [-0.25, -0.2) is 0 Å². The molecule has 424 valence electrons. The van der Waals surface area contributed by atoms with E-state index in [1.807, 2.05) is 0 Å². The molecule has 0 aromatic carbocycles. The molecule has 74 heavy (non-hydrogen) atoms. The Kier molecular flexibility index (Phi) is 16.2. The molecule has 0 radical (unpaired) electrons. The van der Waals surface area contributed by atoms with E-state index in [0.29, 0.717) is 44.6 Å². The Hall–Kier alpha value is -1.18. The topological polar surface area (TPSA) is 355 Å². The van der Waals surface area contributed by atoms with E-state index in [0.717, 1.165) is 19.3 Å². The van der Waals surface area contributed by atoms with Gasteiger partial charge in [0.2, 0.25) is 0 Å². The van der Waals surface area contributed by atoms with Crippen molar-refractivity contribution in [3.63, 3.8) is 0 Å². The summed E-state index contributed by atoms with van der Waals surface area (Å²) in [5, 5.41) is 139. The van der Waals surface area contributed by atoms with E-state index in [-0.39, 0.29) is 40.4 Å². The molecule has 0 unspecified atom stereocenters. The van der Waals surface area contributed by atoms with Gasteiger partial charge in [0, 0.05) is 18.3 Å². The van der Waals surface area contributed by atoms with Crippen LogP contribution in [0.25, 0.3) is 0 Å². The molecule has 6 saturated heterocycles. The van der Waals surface area contributed by atoms with Gasteiger partial charge >= 0.3 is 0 Å². The van der Waals surface area contributed by atoms with Gasteiger partial charge in [-0.2, -0.15) is 0 Å². The minimum absolute atomic E-state index is 0.0375. The molecule has 0 bridgehead atoms. The van der Waals surface area contributed by atoms with E-state index >= 15 is 0 Å². The summed E-state index contributed by atoms with van der Waals surface area (Å²) in [6.07, 6.45) is -24.2. The largest absolute Gasteiger partial charge is 0.394 e. The average Bonchev–Trinajstić information content (AvgIpc) is 3.81. The van der Waals surface area contributed by atoms with Gasteiger partial charge in [0.15, 0.2) is 30.9 Å². The minimum atomic E-state index is -1.80. The van der Waals surface area contributed by atoms with Crippen LogP contribution in [0.15, 0.2) is 11.6 Å². The van der Waals surface area contributed by atoms with E-state index in [1.54, 1.807) is 0 Å². The molecule has 6 aliphatic heterocycles. The number of rotatable bonds is 11. The lowest BCUT2D eigenvalue weighted by Crippen LogP contribution is -2.65. The summed E-state index contributed by atoms with van der Waals surface area (Å²) in [4.78, 5) is 0. The third kappa shape index (κ3) is 9.29. The van der Waals surface area contributed by atoms with Crippen LogP contribution in [0.3, 0.4) is 0 Å². The van der Waals surface area contributed by atoms with Crippen molar-refractivity contribution in [3.8, 4) is 0 Å². The molecule has 1 spiro atoms. The summed E-state index contributed by atoms with van der Waals surface area (Å²) in [5.74, 6) is -0.540. The minimum Gasteiger partial charge on any atom is -0.394 e. The predicted molar refractivity (Wildman–Crippen MR) is 248 cm³/mol. The molecule has 0 aromatic heterocycles. The summed E-state index contributed by atoms with van der Waals surface area (Å²) in [5.41, 5.74) is 0.516. The zero-order valence-corrected chi connectivity index (χ0v) is 42.7. The van der Waals surface area contributed by atoms with Crippen LogP contribution in [0, 0.1) is 46.3 Å². The molecule has 0 amide bonds. The van der Waals surface area contributed by atoms with E-state index < -0.39 is 167 Å². The predicted octanol–water partition coefficient (Wildman–Crippen LogP) is -2.99. The molecular weight excluding hydrogens is 981 g/mol. The zero-order chi connectivity index (χ0) is 53.1. The number of aliphatic hydroxyl groups is 13. The van der Waals surface area contributed by atoms with Crippen LogP contribution < -0.4 is 0 Å². The van der Waals surface area contributed by atoms with Crippen molar-refractivity contribution < 1.29 is 114 Å². The quantitative estimate of drug-likeness (QED) is 0.0918. The number of ether oxygens (including phenoxy) is 10. The molecule has 10 rings (SSSR count). The van der Waals surface area contributed by atoms with E-state index in [1.165, 1.54) is 12.5 Å². The first-order valence-corrected chi connectivity index (χ1v) is 27.0. The van der Waals surface area contributed by atoms with Gasteiger partial charge in [0.1, 0.15) is 91.6 Å². The van der Waals surface area contributed by atoms with Crippen LogP contribution in [0.4, 0.5) is 0 Å². The average molecular weight is 1060 g/mol. The second kappa shape index (κ2) is 21.4. The zero-order valence-electron chi connectivity index (χ0n) is 42.7. The van der Waals surface area contributed by atoms with Crippen LogP contribution >= 0.6 is 0 Å². The summed E-state index contributed by atoms with van der Waals surface area (Å²) in [7, 11) is 0. The molecule has 6 heterocycles. The second-order valence-corrected chi connectivity index (χ2v) is 24.0. The van der Waals surface area contributed by atoms with Crippen molar-refractivity contribution >= 4 is 0 Å². The lowest BCUT2D eigenvalue weighted by molar-refractivity contribution is -0.376. The molecule has 13 N–H and O–H groups in total. The Morgan fingerprint density at radius 2 is 1.12 bits per heavy atom. The second-order valence-electron chi connectivity index (χ2n) is 24.0. The highest BCUT2D eigenvalue weighted by Gasteiger charge is 2.73. The summed E-state index contributed by atoms with van der Waals surface area (Å²) in [6, 6.07) is 0. The highest BCUT2D eigenvalue weighted by atomic mass is 16.8. The first kappa shape index (κ1) is 56.1. The standard InChI is InChI=1S/C51H82O23/c1-19-8-13-51(65-18-19)20(2)29-43(74-51)42(72-48-44(36(60)33(57)27(16-53)69-48)73-45-38(62)34(58)31(55)21(3)66-45)30-24-7-6-22-14-23(9-11-49(22,4)25(24)10-12-50(29,30)5)67-46-40(64)37(61)41(28(17-54)70-46)71-47-39(63)35(59)32(56)26(15-52)68-47/h6,19-21,23-48,52-64H,7-18H2,1-5H3/t19-,20-,21-,23-,24+,25-,26+,27+,28+,29-,30+,31-,32+,33-,34+,35-,36-,37+,38+,39+,40+,41-,42+,43+,44+,45-,46+,47-,48-,49-,50+,51+/m0/s1. The molecule has 4 aliphatic carbocycles. The maximum Gasteiger partial charge on any atom is 0.187 e. The van der Waals surface area contributed by atoms with E-state index in [9.17, 15) is 66.4 Å². The molecular formula is C51H82O23. The lowest BCUT2D eigenvalue weighted by atomic mass is 9.46. The number of allylic oxidation sites excluding steroid dienone is 1. The van der Waals surface area contributed by atoms with Gasteiger partial charge in [-0.05, 0) is 86.4 Å². The molecule has 0 aromatic rings. The number of hydrogen-bond acceptors (Lipinski definition) is 23. The van der Waals surface area contributed by atoms with Gasteiger partial charge < -0.3 is 114 Å². The van der Waals surface area contributed by atoms with Gasteiger partial charge in [-0.1, -0.05) is 39.3 Å². The van der Waals surface area contributed by atoms with Crippen LogP contribution in [0.5, 0.6) is 0 Å². The molecule has 23 heteroatoms. The fourth-order valence-electron chi connectivity index (χ4n) is 15.5. The SMILES string of the molecule is C[C@H]1CC[C@@]2(OC1)O[C@H]1[C@H](O[C@@H]3O[C@H](CO)[C@H](O)[C@H](O)[C@H]3O[C@@H]3O[C@@H](C)[C@H](O)[C@@H](O)[C@H]3O)[C@H]3[C@@H]4CC=C5C[C@@H](O[C@@H]6O[C@H](CO)[C@H](O[C@@H]7O[C@H](CO)[C@@H](O)[C@H](O)[C@H]7O)[C@H](O)[C@H]6O)CC[C@]5(C)[C@H]4CC[C@]3(C)[C@H]1[C@@H]2C. The lowest BCUT2D eigenvalue weighted by Gasteiger charge is -2.59. The molecule has 9 fully saturated rings. The monoisotopic (exact) mass is 1060 g/mol. The van der Waals surface area contributed by atoms with Crippen molar-refractivity contribution in [2.45, 2.75) is 233 Å². The molecule has 32 atom stereocenters. The Labute approximate surface area is 430 Å². The normalized spacial score (nSPS) is 57.5. The van der Waals surface area contributed by atoms with Gasteiger partial charge in [-0.15, -0.1) is 0 Å². The first-order chi connectivity index (χ1) is 35.1. The summed E-state index contributed by atoms with van der Waals surface area (Å²) < 4.78 is 63.1. The van der Waals surface area contributed by atoms with Crippen LogP contribution in [-0.4, -0.2) is 240 Å². The number of aliphatic hydroxyl groups excluding tert-OH is 13. The highest BCUT2D eigenvalue weighted by Crippen LogP contribution is 2.71. The first-order valence-electron chi connectivity index (χ1n) is 27.0. The van der Waals surface area contributed by atoms with Gasteiger partial charge in [0.05, 0.1) is 50.8 Å². The van der Waals surface area contributed by atoms with Gasteiger partial charge in [0.25, 0.3) is 0 Å². The van der Waals surface area contributed by atoms with E-state index in [2.05, 4.69) is 33.8 Å². The van der Waals surface area contributed by atoms with Crippen molar-refractivity contribution in [2.75, 3.05) is 26.4 Å².